The van der Waals surface area contributed by atoms with Crippen molar-refractivity contribution in [3.05, 3.63) is 68.0 Å². The quantitative estimate of drug-likeness (QED) is 0.556. The number of H-pyrrole nitrogens is 1. The number of aromatic amines is 1. The first kappa shape index (κ1) is 18.6. The number of pyridine rings is 1. The number of rotatable bonds is 4. The van der Waals surface area contributed by atoms with Crippen molar-refractivity contribution in [3.8, 4) is 0 Å². The topological polar surface area (TPSA) is 72.1 Å². The molecule has 0 amide bonds. The number of fused-ring (bicyclic) bond motifs is 1. The second kappa shape index (κ2) is 6.84. The van der Waals surface area contributed by atoms with Gasteiger partial charge in [0.25, 0.3) is 0 Å². The summed E-state index contributed by atoms with van der Waals surface area (Å²) < 4.78 is 1.93. The maximum absolute atomic E-state index is 12.8. The standard InChI is InChI=1S/C21H22N4O2/c1-11(2)25-10-18(14(5)26)21(27)17-9-19(22-6)15(8-20(17)25)7-16-12(3)23-24-13(16)4/h8-11H,7H2,1-5H3,(H,23,24). The molecule has 0 aliphatic heterocycles. The minimum absolute atomic E-state index is 0.0650. The van der Waals surface area contributed by atoms with E-state index in [4.69, 9.17) is 6.57 Å². The van der Waals surface area contributed by atoms with Crippen LogP contribution in [-0.2, 0) is 6.42 Å². The van der Waals surface area contributed by atoms with Crippen molar-refractivity contribution in [2.45, 2.75) is 47.1 Å². The van der Waals surface area contributed by atoms with Crippen molar-refractivity contribution < 1.29 is 4.79 Å². The van der Waals surface area contributed by atoms with E-state index in [0.717, 1.165) is 28.0 Å². The number of nitrogens with one attached hydrogen (secondary N) is 1. The van der Waals surface area contributed by atoms with Gasteiger partial charge in [0.1, 0.15) is 0 Å². The summed E-state index contributed by atoms with van der Waals surface area (Å²) in [5.41, 5.74) is 4.76. The van der Waals surface area contributed by atoms with Crippen LogP contribution in [0.15, 0.2) is 23.1 Å². The van der Waals surface area contributed by atoms with Gasteiger partial charge in [-0.25, -0.2) is 4.85 Å². The number of carbonyl (C=O) groups excluding carboxylic acids is 1. The van der Waals surface area contributed by atoms with Crippen molar-refractivity contribution in [1.82, 2.24) is 14.8 Å². The summed E-state index contributed by atoms with van der Waals surface area (Å²) in [4.78, 5) is 28.3. The number of benzene rings is 1. The molecule has 3 aromatic rings. The van der Waals surface area contributed by atoms with Gasteiger partial charge in [-0.1, -0.05) is 0 Å². The van der Waals surface area contributed by atoms with Gasteiger partial charge in [0.05, 0.1) is 17.8 Å². The summed E-state index contributed by atoms with van der Waals surface area (Å²) in [5.74, 6) is -0.269. The normalized spacial score (nSPS) is 11.1. The molecule has 3 rings (SSSR count). The molecular weight excluding hydrogens is 340 g/mol. The predicted molar refractivity (Wildman–Crippen MR) is 106 cm³/mol. The summed E-state index contributed by atoms with van der Waals surface area (Å²) in [6.07, 6.45) is 2.19. The van der Waals surface area contributed by atoms with Gasteiger partial charge in [-0.3, -0.25) is 14.7 Å². The fourth-order valence-corrected chi connectivity index (χ4v) is 3.38. The molecule has 2 aromatic heterocycles. The smallest absolute Gasteiger partial charge is 0.198 e. The van der Waals surface area contributed by atoms with E-state index in [1.54, 1.807) is 12.3 Å². The number of nitrogens with zero attached hydrogens (tertiary/aromatic N) is 3. The molecule has 0 saturated carbocycles. The zero-order valence-corrected chi connectivity index (χ0v) is 16.2. The van der Waals surface area contributed by atoms with Gasteiger partial charge < -0.3 is 4.57 Å². The van der Waals surface area contributed by atoms with E-state index in [2.05, 4.69) is 15.0 Å². The third kappa shape index (κ3) is 3.17. The van der Waals surface area contributed by atoms with Gasteiger partial charge in [0.15, 0.2) is 16.9 Å². The lowest BCUT2D eigenvalue weighted by atomic mass is 9.98. The Kier molecular flexibility index (Phi) is 4.71. The number of aryl methyl sites for hydroxylation is 2. The summed E-state index contributed by atoms with van der Waals surface area (Å²) in [5, 5.41) is 7.61. The van der Waals surface area contributed by atoms with Gasteiger partial charge in [-0.05, 0) is 64.3 Å². The molecule has 0 radical (unpaired) electrons. The van der Waals surface area contributed by atoms with Crippen LogP contribution >= 0.6 is 0 Å². The molecule has 0 aliphatic carbocycles. The van der Waals surface area contributed by atoms with Crippen LogP contribution in [-0.4, -0.2) is 20.5 Å². The zero-order valence-electron chi connectivity index (χ0n) is 16.2. The Morgan fingerprint density at radius 3 is 2.56 bits per heavy atom. The molecule has 0 atom stereocenters. The van der Waals surface area contributed by atoms with Crippen LogP contribution < -0.4 is 5.43 Å². The van der Waals surface area contributed by atoms with Crippen LogP contribution in [0.3, 0.4) is 0 Å². The molecule has 0 aliphatic rings. The minimum Gasteiger partial charge on any atom is -0.344 e. The van der Waals surface area contributed by atoms with Crippen molar-refractivity contribution in [1.29, 1.82) is 0 Å². The van der Waals surface area contributed by atoms with E-state index in [1.807, 2.05) is 38.3 Å². The van der Waals surface area contributed by atoms with E-state index >= 15 is 0 Å². The summed E-state index contributed by atoms with van der Waals surface area (Å²) in [6.45, 7) is 16.8. The second-order valence-electron chi connectivity index (χ2n) is 7.13. The average Bonchev–Trinajstić information content (AvgIpc) is 2.93. The molecule has 0 unspecified atom stereocenters. The SMILES string of the molecule is [C-]#[N+]c1cc2c(=O)c(C(C)=O)cn(C(C)C)c2cc1Cc1c(C)n[nH]c1C. The van der Waals surface area contributed by atoms with E-state index < -0.39 is 0 Å². The van der Waals surface area contributed by atoms with Gasteiger partial charge in [0, 0.05) is 28.8 Å². The number of Topliss-reactive ketones (excluding diaryl/α,β-unsaturated/α-hetero) is 1. The van der Waals surface area contributed by atoms with Crippen LogP contribution in [0.1, 0.15) is 59.7 Å². The van der Waals surface area contributed by atoms with Crippen LogP contribution in [0.5, 0.6) is 0 Å². The van der Waals surface area contributed by atoms with Crippen LogP contribution in [0.25, 0.3) is 15.7 Å². The molecule has 0 spiro atoms. The Balaban J connectivity index is 2.33. The molecule has 0 bridgehead atoms. The molecule has 1 aromatic carbocycles. The predicted octanol–water partition coefficient (Wildman–Crippen LogP) is 4.27. The van der Waals surface area contributed by atoms with Gasteiger partial charge in [0.2, 0.25) is 0 Å². The first-order valence-corrected chi connectivity index (χ1v) is 8.85. The highest BCUT2D eigenvalue weighted by Crippen LogP contribution is 2.30. The van der Waals surface area contributed by atoms with Gasteiger partial charge in [-0.2, -0.15) is 5.10 Å². The van der Waals surface area contributed by atoms with Crippen LogP contribution in [0.4, 0.5) is 5.69 Å². The monoisotopic (exact) mass is 362 g/mol. The lowest BCUT2D eigenvalue weighted by Gasteiger charge is -2.18. The number of ketones is 1. The summed E-state index contributed by atoms with van der Waals surface area (Å²) in [6, 6.07) is 3.59. The number of aromatic nitrogens is 3. The fraction of sp³-hybridized carbons (Fsp3) is 0.333. The molecule has 1 N–H and O–H groups in total. The third-order valence-corrected chi connectivity index (χ3v) is 4.94. The number of carbonyl (C=O) groups is 1. The summed E-state index contributed by atoms with van der Waals surface area (Å²) in [7, 11) is 0. The highest BCUT2D eigenvalue weighted by atomic mass is 16.1. The van der Waals surface area contributed by atoms with Crippen LogP contribution in [0, 0.1) is 20.4 Å². The molecule has 6 heteroatoms. The van der Waals surface area contributed by atoms with Crippen molar-refractivity contribution in [3.63, 3.8) is 0 Å². The molecule has 0 fully saturated rings. The van der Waals surface area contributed by atoms with Crippen molar-refractivity contribution in [2.75, 3.05) is 0 Å². The van der Waals surface area contributed by atoms with E-state index in [9.17, 15) is 9.59 Å². The first-order valence-electron chi connectivity index (χ1n) is 8.85. The molecule has 2 heterocycles. The van der Waals surface area contributed by atoms with Crippen LogP contribution in [0.2, 0.25) is 0 Å². The molecule has 138 valence electrons. The molecule has 0 saturated heterocycles. The second-order valence-corrected chi connectivity index (χ2v) is 7.13. The van der Waals surface area contributed by atoms with Gasteiger partial charge in [-0.15, -0.1) is 0 Å². The van der Waals surface area contributed by atoms with Crippen molar-refractivity contribution in [2.24, 2.45) is 0 Å². The van der Waals surface area contributed by atoms with E-state index in [-0.39, 0.29) is 22.8 Å². The maximum atomic E-state index is 12.8. The Morgan fingerprint density at radius 1 is 1.33 bits per heavy atom. The largest absolute Gasteiger partial charge is 0.344 e. The highest BCUT2D eigenvalue weighted by molar-refractivity contribution is 5.98. The average molecular weight is 362 g/mol. The van der Waals surface area contributed by atoms with E-state index in [0.29, 0.717) is 17.5 Å². The maximum Gasteiger partial charge on any atom is 0.198 e. The lowest BCUT2D eigenvalue weighted by Crippen LogP contribution is -2.19. The van der Waals surface area contributed by atoms with Gasteiger partial charge >= 0.3 is 0 Å². The molecule has 6 nitrogen and oxygen atoms in total. The Labute approximate surface area is 157 Å². The Bertz CT molecular complexity index is 1140. The highest BCUT2D eigenvalue weighted by Gasteiger charge is 2.18. The van der Waals surface area contributed by atoms with E-state index in [1.165, 1.54) is 6.92 Å². The minimum atomic E-state index is -0.318. The first-order chi connectivity index (χ1) is 12.7. The zero-order chi connectivity index (χ0) is 19.9. The number of hydrogen-bond acceptors (Lipinski definition) is 3. The third-order valence-electron chi connectivity index (χ3n) is 4.94. The molecule has 27 heavy (non-hydrogen) atoms. The fourth-order valence-electron chi connectivity index (χ4n) is 3.38. The Morgan fingerprint density at radius 2 is 2.04 bits per heavy atom. The molecular formula is C21H22N4O2. The Hall–Kier alpha value is -3.20. The summed E-state index contributed by atoms with van der Waals surface area (Å²) >= 11 is 0. The lowest BCUT2D eigenvalue weighted by molar-refractivity contribution is 0.101. The number of hydrogen-bond donors (Lipinski definition) is 1. The van der Waals surface area contributed by atoms with Crippen molar-refractivity contribution >= 4 is 22.4 Å².